The number of benzene rings is 3. The Labute approximate surface area is 164 Å². The molecule has 5 rings (SSSR count). The fourth-order valence-corrected chi connectivity index (χ4v) is 3.93. The molecule has 0 heterocycles. The second kappa shape index (κ2) is 6.79. The van der Waals surface area contributed by atoms with Gasteiger partial charge in [0, 0.05) is 11.1 Å². The Kier molecular flexibility index (Phi) is 3.99. The van der Waals surface area contributed by atoms with E-state index in [2.05, 4.69) is 18.2 Å². The smallest absolute Gasteiger partial charge is 0.194 e. The summed E-state index contributed by atoms with van der Waals surface area (Å²) < 4.78 is 0. The first-order valence-electron chi connectivity index (χ1n) is 9.42. The second-order valence-electron chi connectivity index (χ2n) is 6.93. The van der Waals surface area contributed by atoms with Crippen molar-refractivity contribution in [3.05, 3.63) is 120 Å². The highest BCUT2D eigenvalue weighted by atomic mass is 16.1. The van der Waals surface area contributed by atoms with Gasteiger partial charge in [-0.1, -0.05) is 103 Å². The van der Waals surface area contributed by atoms with Gasteiger partial charge in [-0.2, -0.15) is 0 Å². The fourth-order valence-electron chi connectivity index (χ4n) is 3.93. The highest BCUT2D eigenvalue weighted by Gasteiger charge is 2.22. The molecule has 0 N–H and O–H groups in total. The maximum atomic E-state index is 13.6. The lowest BCUT2D eigenvalue weighted by Gasteiger charge is -2.06. The molecule has 0 spiro atoms. The maximum Gasteiger partial charge on any atom is 0.194 e. The minimum Gasteiger partial charge on any atom is -0.289 e. The van der Waals surface area contributed by atoms with Crippen LogP contribution in [0.5, 0.6) is 0 Å². The third-order valence-electron chi connectivity index (χ3n) is 5.27. The van der Waals surface area contributed by atoms with Crippen molar-refractivity contribution < 1.29 is 4.79 Å². The monoisotopic (exact) mass is 358 g/mol. The van der Waals surface area contributed by atoms with Crippen LogP contribution in [0.4, 0.5) is 0 Å². The van der Waals surface area contributed by atoms with Crippen molar-refractivity contribution in [1.29, 1.82) is 0 Å². The molecule has 0 saturated heterocycles. The molecule has 0 radical (unpaired) electrons. The van der Waals surface area contributed by atoms with E-state index in [-0.39, 0.29) is 5.78 Å². The number of rotatable bonds is 3. The number of hydrogen-bond acceptors (Lipinski definition) is 1. The molecule has 2 aliphatic rings. The predicted octanol–water partition coefficient (Wildman–Crippen LogP) is 6.84. The van der Waals surface area contributed by atoms with Gasteiger partial charge in [0.25, 0.3) is 0 Å². The zero-order chi connectivity index (χ0) is 18.9. The summed E-state index contributed by atoms with van der Waals surface area (Å²) in [5.41, 5.74) is 5.80. The van der Waals surface area contributed by atoms with Crippen molar-refractivity contribution in [1.82, 2.24) is 0 Å². The lowest BCUT2D eigenvalue weighted by atomic mass is 9.96. The van der Waals surface area contributed by atoms with Gasteiger partial charge in [0.1, 0.15) is 0 Å². The zero-order valence-corrected chi connectivity index (χ0v) is 15.3. The number of hydrogen-bond donors (Lipinski definition) is 0. The van der Waals surface area contributed by atoms with Crippen LogP contribution in [0.3, 0.4) is 0 Å². The summed E-state index contributed by atoms with van der Waals surface area (Å²) in [5.74, 6) is 0.0650. The molecule has 2 aliphatic carbocycles. The molecule has 0 fully saturated rings. The van der Waals surface area contributed by atoms with Crippen molar-refractivity contribution in [2.24, 2.45) is 0 Å². The normalized spacial score (nSPS) is 11.0. The van der Waals surface area contributed by atoms with E-state index in [1.807, 2.05) is 91.0 Å². The van der Waals surface area contributed by atoms with Crippen molar-refractivity contribution >= 4 is 16.6 Å². The Morgan fingerprint density at radius 2 is 1.14 bits per heavy atom. The van der Waals surface area contributed by atoms with E-state index >= 15 is 0 Å². The highest BCUT2D eigenvalue weighted by molar-refractivity contribution is 6.20. The second-order valence-corrected chi connectivity index (χ2v) is 6.93. The first kappa shape index (κ1) is 16.5. The summed E-state index contributed by atoms with van der Waals surface area (Å²) in [6, 6.07) is 36.4. The number of ketones is 1. The summed E-state index contributed by atoms with van der Waals surface area (Å²) in [4.78, 5) is 13.6. The van der Waals surface area contributed by atoms with Gasteiger partial charge in [0.15, 0.2) is 5.78 Å². The van der Waals surface area contributed by atoms with E-state index < -0.39 is 0 Å². The van der Waals surface area contributed by atoms with Crippen molar-refractivity contribution in [3.63, 3.8) is 0 Å². The van der Waals surface area contributed by atoms with Gasteiger partial charge in [0.2, 0.25) is 0 Å². The van der Waals surface area contributed by atoms with Gasteiger partial charge in [-0.15, -0.1) is 0 Å². The summed E-state index contributed by atoms with van der Waals surface area (Å²) in [5, 5.41) is 2.07. The molecule has 1 nitrogen and oxygen atoms in total. The molecule has 132 valence electrons. The summed E-state index contributed by atoms with van der Waals surface area (Å²) in [7, 11) is 0. The quantitative estimate of drug-likeness (QED) is 0.323. The summed E-state index contributed by atoms with van der Waals surface area (Å²) in [6.45, 7) is 0. The lowest BCUT2D eigenvalue weighted by molar-refractivity contribution is 0.104. The first-order chi connectivity index (χ1) is 13.8. The van der Waals surface area contributed by atoms with Gasteiger partial charge in [-0.3, -0.25) is 4.79 Å². The minimum absolute atomic E-state index is 0.0650. The third-order valence-corrected chi connectivity index (χ3v) is 5.27. The SMILES string of the molecule is O=C(c1cc(-c2ccccc2)c2cccccc1-2)c1cccc2ccccc12. The number of carbonyl (C=O) groups is 1. The third kappa shape index (κ3) is 2.69. The topological polar surface area (TPSA) is 17.1 Å². The standard InChI is InChI=1S/C27H18O/c28-27(24-17-9-13-19-12-7-8-14-21(19)24)26-18-25(20-10-3-1-4-11-20)22-15-5-2-6-16-23(22)26/h1-18H. The molecule has 3 aromatic carbocycles. The average Bonchev–Trinajstić information content (AvgIpc) is 2.94. The van der Waals surface area contributed by atoms with Crippen molar-refractivity contribution in [3.8, 4) is 22.3 Å². The van der Waals surface area contributed by atoms with Crippen LogP contribution in [0.15, 0.2) is 109 Å². The molecule has 0 aliphatic heterocycles. The average molecular weight is 358 g/mol. The van der Waals surface area contributed by atoms with Crippen LogP contribution < -0.4 is 0 Å². The molecule has 1 heteroatoms. The summed E-state index contributed by atoms with van der Waals surface area (Å²) in [6.07, 6.45) is 0. The Bertz CT molecular complexity index is 1260. The van der Waals surface area contributed by atoms with E-state index in [0.29, 0.717) is 0 Å². The Morgan fingerprint density at radius 1 is 0.500 bits per heavy atom. The van der Waals surface area contributed by atoms with Crippen LogP contribution in [0.25, 0.3) is 33.0 Å². The zero-order valence-electron chi connectivity index (χ0n) is 15.3. The molecule has 0 aromatic heterocycles. The molecule has 0 saturated carbocycles. The van der Waals surface area contributed by atoms with Gasteiger partial charge >= 0.3 is 0 Å². The lowest BCUT2D eigenvalue weighted by Crippen LogP contribution is -2.01. The molecular formula is C27H18O. The first-order valence-corrected chi connectivity index (χ1v) is 9.42. The summed E-state index contributed by atoms with van der Waals surface area (Å²) >= 11 is 0. The highest BCUT2D eigenvalue weighted by Crippen LogP contribution is 2.39. The maximum absolute atomic E-state index is 13.6. The van der Waals surface area contributed by atoms with E-state index in [4.69, 9.17) is 0 Å². The Balaban J connectivity index is 1.74. The van der Waals surface area contributed by atoms with Gasteiger partial charge in [0.05, 0.1) is 0 Å². The van der Waals surface area contributed by atoms with Crippen LogP contribution in [0, 0.1) is 0 Å². The molecule has 28 heavy (non-hydrogen) atoms. The molecule has 0 amide bonds. The van der Waals surface area contributed by atoms with Gasteiger partial charge in [-0.05, 0) is 39.1 Å². The van der Waals surface area contributed by atoms with Gasteiger partial charge < -0.3 is 0 Å². The number of carbonyl (C=O) groups excluding carboxylic acids is 1. The molecule has 0 unspecified atom stereocenters. The van der Waals surface area contributed by atoms with Crippen LogP contribution in [-0.4, -0.2) is 5.78 Å². The molecule has 0 atom stereocenters. The van der Waals surface area contributed by atoms with E-state index in [9.17, 15) is 4.79 Å². The Morgan fingerprint density at radius 3 is 1.96 bits per heavy atom. The minimum atomic E-state index is 0.0650. The largest absolute Gasteiger partial charge is 0.289 e. The van der Waals surface area contributed by atoms with Crippen LogP contribution in [-0.2, 0) is 0 Å². The Hall–Kier alpha value is -3.71. The van der Waals surface area contributed by atoms with E-state index in [1.54, 1.807) is 0 Å². The van der Waals surface area contributed by atoms with E-state index in [1.165, 1.54) is 0 Å². The number of fused-ring (bicyclic) bond motifs is 2. The van der Waals surface area contributed by atoms with Crippen LogP contribution >= 0.6 is 0 Å². The van der Waals surface area contributed by atoms with Crippen molar-refractivity contribution in [2.45, 2.75) is 0 Å². The van der Waals surface area contributed by atoms with Crippen LogP contribution in [0.2, 0.25) is 0 Å². The molecule has 0 bridgehead atoms. The van der Waals surface area contributed by atoms with Gasteiger partial charge in [-0.25, -0.2) is 0 Å². The van der Waals surface area contributed by atoms with Crippen molar-refractivity contribution in [2.75, 3.05) is 0 Å². The molecular weight excluding hydrogens is 340 g/mol. The van der Waals surface area contributed by atoms with Crippen LogP contribution in [0.1, 0.15) is 15.9 Å². The predicted molar refractivity (Wildman–Crippen MR) is 116 cm³/mol. The van der Waals surface area contributed by atoms with E-state index in [0.717, 1.165) is 44.2 Å². The fraction of sp³-hybridized carbons (Fsp3) is 0. The molecule has 3 aromatic rings.